The van der Waals surface area contributed by atoms with Gasteiger partial charge in [-0.3, -0.25) is 5.10 Å². The molecule has 0 unspecified atom stereocenters. The normalized spacial score (nSPS) is 26.7. The molecule has 1 aromatic heterocycles. The van der Waals surface area contributed by atoms with E-state index in [0.29, 0.717) is 46.1 Å². The number of nitrogens with zero attached hydrogens (tertiary/aromatic N) is 3. The van der Waals surface area contributed by atoms with Crippen LogP contribution < -0.4 is 0 Å². The van der Waals surface area contributed by atoms with Crippen LogP contribution >= 0.6 is 0 Å². The number of rotatable bonds is 3. The average Bonchev–Trinajstić information content (AvgIpc) is 3.02. The van der Waals surface area contributed by atoms with Crippen molar-refractivity contribution >= 4 is 10.2 Å². The van der Waals surface area contributed by atoms with Gasteiger partial charge in [0.15, 0.2) is 0 Å². The van der Waals surface area contributed by atoms with E-state index >= 15 is 0 Å². The van der Waals surface area contributed by atoms with Crippen molar-refractivity contribution in [1.82, 2.24) is 18.8 Å². The van der Waals surface area contributed by atoms with Crippen molar-refractivity contribution in [1.29, 1.82) is 0 Å². The second-order valence-corrected chi connectivity index (χ2v) is 6.61. The van der Waals surface area contributed by atoms with E-state index in [-0.39, 0.29) is 6.04 Å². The first-order valence-electron chi connectivity index (χ1n) is 6.61. The molecule has 3 heterocycles. The Morgan fingerprint density at radius 2 is 1.95 bits per heavy atom. The van der Waals surface area contributed by atoms with Crippen molar-refractivity contribution in [2.75, 3.05) is 46.1 Å². The van der Waals surface area contributed by atoms with Crippen LogP contribution in [0.15, 0.2) is 12.3 Å². The van der Waals surface area contributed by atoms with Crippen LogP contribution in [0.4, 0.5) is 0 Å². The number of H-pyrrole nitrogens is 1. The van der Waals surface area contributed by atoms with Gasteiger partial charge in [0.2, 0.25) is 0 Å². The molecule has 8 nitrogen and oxygen atoms in total. The van der Waals surface area contributed by atoms with Gasteiger partial charge in [0.1, 0.15) is 0 Å². The van der Waals surface area contributed by atoms with Crippen molar-refractivity contribution in [3.63, 3.8) is 0 Å². The van der Waals surface area contributed by atoms with E-state index in [1.165, 1.54) is 8.61 Å². The molecule has 1 atom stereocenters. The minimum absolute atomic E-state index is 0.339. The largest absolute Gasteiger partial charge is 0.379 e. The van der Waals surface area contributed by atoms with Crippen LogP contribution in [0, 0.1) is 0 Å². The van der Waals surface area contributed by atoms with Crippen molar-refractivity contribution < 1.29 is 17.9 Å². The second kappa shape index (κ2) is 5.78. The lowest BCUT2D eigenvalue weighted by Crippen LogP contribution is -2.52. The van der Waals surface area contributed by atoms with Gasteiger partial charge in [-0.25, -0.2) is 0 Å². The lowest BCUT2D eigenvalue weighted by molar-refractivity contribution is 0.0224. The molecular weight excluding hydrogens is 284 g/mol. The van der Waals surface area contributed by atoms with Crippen LogP contribution in [-0.4, -0.2) is 73.3 Å². The maximum absolute atomic E-state index is 12.8. The summed E-state index contributed by atoms with van der Waals surface area (Å²) < 4.78 is 39.1. The predicted octanol–water partition coefficient (Wildman–Crippen LogP) is -0.640. The fourth-order valence-corrected chi connectivity index (χ4v) is 4.20. The quantitative estimate of drug-likeness (QED) is 0.802. The average molecular weight is 302 g/mol. The fraction of sp³-hybridized carbons (Fsp3) is 0.727. The van der Waals surface area contributed by atoms with E-state index in [0.717, 1.165) is 5.69 Å². The van der Waals surface area contributed by atoms with Gasteiger partial charge in [-0.15, -0.1) is 0 Å². The molecule has 1 aromatic rings. The van der Waals surface area contributed by atoms with Crippen LogP contribution in [0.5, 0.6) is 0 Å². The Bertz CT molecular complexity index is 527. The molecule has 9 heteroatoms. The monoisotopic (exact) mass is 302 g/mol. The van der Waals surface area contributed by atoms with Gasteiger partial charge in [0, 0.05) is 25.8 Å². The molecule has 0 saturated carbocycles. The summed E-state index contributed by atoms with van der Waals surface area (Å²) in [6, 6.07) is 1.43. The highest BCUT2D eigenvalue weighted by Crippen LogP contribution is 2.27. The fourth-order valence-electron chi connectivity index (χ4n) is 2.49. The smallest absolute Gasteiger partial charge is 0.282 e. The molecular formula is C11H18N4O4S. The first-order valence-corrected chi connectivity index (χ1v) is 8.01. The Labute approximate surface area is 117 Å². The zero-order valence-electron chi connectivity index (χ0n) is 11.1. The molecule has 0 spiro atoms. The zero-order valence-corrected chi connectivity index (χ0v) is 11.9. The highest BCUT2D eigenvalue weighted by molar-refractivity contribution is 7.86. The van der Waals surface area contributed by atoms with Crippen LogP contribution in [0.1, 0.15) is 11.7 Å². The number of aromatic amines is 1. The molecule has 2 aliphatic rings. The summed E-state index contributed by atoms with van der Waals surface area (Å²) >= 11 is 0. The van der Waals surface area contributed by atoms with Gasteiger partial charge in [-0.05, 0) is 6.07 Å². The molecule has 2 fully saturated rings. The Balaban J connectivity index is 1.85. The van der Waals surface area contributed by atoms with Crippen LogP contribution in [0.2, 0.25) is 0 Å². The SMILES string of the molecule is O=S(=O)(N1CCOCC1)N1CCOC[C@@H]1c1ccn[nH]1. The molecule has 20 heavy (non-hydrogen) atoms. The van der Waals surface area contributed by atoms with Crippen LogP contribution in [0.3, 0.4) is 0 Å². The Kier molecular flexibility index (Phi) is 4.03. The van der Waals surface area contributed by atoms with E-state index < -0.39 is 10.2 Å². The second-order valence-electron chi connectivity index (χ2n) is 4.73. The summed E-state index contributed by atoms with van der Waals surface area (Å²) in [6.45, 7) is 2.78. The summed E-state index contributed by atoms with van der Waals surface area (Å²) in [6.07, 6.45) is 1.61. The summed E-state index contributed by atoms with van der Waals surface area (Å²) in [5, 5.41) is 6.72. The molecule has 2 aliphatic heterocycles. The topological polar surface area (TPSA) is 87.8 Å². The minimum atomic E-state index is -3.50. The van der Waals surface area contributed by atoms with Crippen LogP contribution in [-0.2, 0) is 19.7 Å². The Morgan fingerprint density at radius 3 is 2.65 bits per heavy atom. The van der Waals surface area contributed by atoms with Crippen molar-refractivity contribution in [2.24, 2.45) is 0 Å². The minimum Gasteiger partial charge on any atom is -0.379 e. The molecule has 1 N–H and O–H groups in total. The molecule has 0 aromatic carbocycles. The van der Waals surface area contributed by atoms with E-state index in [2.05, 4.69) is 10.2 Å². The highest BCUT2D eigenvalue weighted by atomic mass is 32.2. The summed E-state index contributed by atoms with van der Waals surface area (Å²) in [4.78, 5) is 0. The van der Waals surface area contributed by atoms with Crippen LogP contribution in [0.25, 0.3) is 0 Å². The number of morpholine rings is 2. The van der Waals surface area contributed by atoms with Gasteiger partial charge < -0.3 is 9.47 Å². The van der Waals surface area contributed by atoms with Gasteiger partial charge in [0.25, 0.3) is 10.2 Å². The number of hydrogen-bond donors (Lipinski definition) is 1. The van der Waals surface area contributed by atoms with Gasteiger partial charge >= 0.3 is 0 Å². The molecule has 0 aliphatic carbocycles. The molecule has 0 amide bonds. The predicted molar refractivity (Wildman–Crippen MR) is 70.2 cm³/mol. The Morgan fingerprint density at radius 1 is 1.20 bits per heavy atom. The molecule has 0 bridgehead atoms. The molecule has 3 rings (SSSR count). The third-order valence-corrected chi connectivity index (χ3v) is 5.60. The van der Waals surface area contributed by atoms with E-state index in [9.17, 15) is 8.42 Å². The Hall–Kier alpha value is -1.00. The number of ether oxygens (including phenoxy) is 2. The third kappa shape index (κ3) is 2.59. The van der Waals surface area contributed by atoms with Crippen molar-refractivity contribution in [3.8, 4) is 0 Å². The standard InChI is InChI=1S/C11H18N4O4S/c16-20(17,14-3-6-18-7-4-14)15-5-8-19-9-11(15)10-1-2-12-13-10/h1-2,11H,3-9H2,(H,12,13)/t11-/m1/s1. The zero-order chi connectivity index (χ0) is 14.0. The van der Waals surface area contributed by atoms with Gasteiger partial charge in [-0.2, -0.15) is 22.1 Å². The lowest BCUT2D eigenvalue weighted by Gasteiger charge is -2.38. The van der Waals surface area contributed by atoms with E-state index in [1.54, 1.807) is 12.3 Å². The maximum atomic E-state index is 12.8. The van der Waals surface area contributed by atoms with Gasteiger partial charge in [0.05, 0.1) is 38.2 Å². The van der Waals surface area contributed by atoms with E-state index in [4.69, 9.17) is 9.47 Å². The number of nitrogens with one attached hydrogen (secondary N) is 1. The first kappa shape index (κ1) is 14.0. The lowest BCUT2D eigenvalue weighted by atomic mass is 10.2. The summed E-state index contributed by atoms with van der Waals surface area (Å²) in [7, 11) is -3.50. The maximum Gasteiger partial charge on any atom is 0.282 e. The van der Waals surface area contributed by atoms with Gasteiger partial charge in [-0.1, -0.05) is 0 Å². The molecule has 2 saturated heterocycles. The number of aromatic nitrogens is 2. The highest BCUT2D eigenvalue weighted by Gasteiger charge is 2.38. The summed E-state index contributed by atoms with van der Waals surface area (Å²) in [5.41, 5.74) is 0.751. The first-order chi connectivity index (χ1) is 9.69. The number of hydrogen-bond acceptors (Lipinski definition) is 5. The molecule has 0 radical (unpaired) electrons. The van der Waals surface area contributed by atoms with Crippen molar-refractivity contribution in [3.05, 3.63) is 18.0 Å². The summed E-state index contributed by atoms with van der Waals surface area (Å²) in [5.74, 6) is 0. The third-order valence-electron chi connectivity index (χ3n) is 3.55. The van der Waals surface area contributed by atoms with E-state index in [1.807, 2.05) is 0 Å². The molecule has 112 valence electrons. The van der Waals surface area contributed by atoms with Crippen molar-refractivity contribution in [2.45, 2.75) is 6.04 Å².